The van der Waals surface area contributed by atoms with Crippen molar-refractivity contribution in [2.45, 2.75) is 38.6 Å². The molecule has 6 heteroatoms. The minimum Gasteiger partial charge on any atom is -0.334 e. The molecule has 0 saturated heterocycles. The van der Waals surface area contributed by atoms with Crippen LogP contribution in [0.3, 0.4) is 0 Å². The van der Waals surface area contributed by atoms with Crippen LogP contribution in [0.15, 0.2) is 5.38 Å². The van der Waals surface area contributed by atoms with E-state index in [1.807, 2.05) is 11.8 Å². The highest BCUT2D eigenvalue weighted by Gasteiger charge is 2.32. The van der Waals surface area contributed by atoms with Crippen molar-refractivity contribution in [3.63, 3.8) is 0 Å². The van der Waals surface area contributed by atoms with Crippen LogP contribution >= 0.6 is 11.5 Å². The summed E-state index contributed by atoms with van der Waals surface area (Å²) in [6.07, 6.45) is 4.59. The summed E-state index contributed by atoms with van der Waals surface area (Å²) in [6.45, 7) is 3.38. The van der Waals surface area contributed by atoms with Gasteiger partial charge in [-0.05, 0) is 43.8 Å². The van der Waals surface area contributed by atoms with E-state index < -0.39 is 0 Å². The highest BCUT2D eigenvalue weighted by atomic mass is 32.1. The number of carbonyl (C=O) groups excluding carboxylic acids is 1. The van der Waals surface area contributed by atoms with Gasteiger partial charge in [-0.25, -0.2) is 0 Å². The van der Waals surface area contributed by atoms with Crippen molar-refractivity contribution in [1.82, 2.24) is 14.5 Å². The van der Waals surface area contributed by atoms with Crippen LogP contribution in [0.1, 0.15) is 43.1 Å². The van der Waals surface area contributed by atoms with Gasteiger partial charge in [0.25, 0.3) is 5.91 Å². The Hall–Kier alpha value is -1.01. The van der Waals surface area contributed by atoms with Gasteiger partial charge in [0.1, 0.15) is 0 Å². The van der Waals surface area contributed by atoms with Crippen molar-refractivity contribution in [2.24, 2.45) is 11.7 Å². The SMILES string of the molecule is CCN(C(=O)c1csnn1)C1CCCCC1CN. The first-order chi connectivity index (χ1) is 8.77. The monoisotopic (exact) mass is 268 g/mol. The lowest BCUT2D eigenvalue weighted by Gasteiger charge is -2.38. The number of nitrogens with zero attached hydrogens (tertiary/aromatic N) is 3. The third kappa shape index (κ3) is 2.70. The first kappa shape index (κ1) is 13.4. The molecular formula is C12H20N4OS. The minimum absolute atomic E-state index is 0.00315. The van der Waals surface area contributed by atoms with Crippen molar-refractivity contribution in [2.75, 3.05) is 13.1 Å². The van der Waals surface area contributed by atoms with E-state index in [0.29, 0.717) is 24.7 Å². The summed E-state index contributed by atoms with van der Waals surface area (Å²) in [7, 11) is 0. The molecule has 0 spiro atoms. The fraction of sp³-hybridized carbons (Fsp3) is 0.750. The number of aromatic nitrogens is 2. The zero-order valence-corrected chi connectivity index (χ0v) is 11.5. The van der Waals surface area contributed by atoms with Crippen LogP contribution in [-0.4, -0.2) is 39.5 Å². The van der Waals surface area contributed by atoms with Gasteiger partial charge < -0.3 is 10.6 Å². The van der Waals surface area contributed by atoms with Crippen molar-refractivity contribution < 1.29 is 4.79 Å². The zero-order chi connectivity index (χ0) is 13.0. The molecule has 1 fully saturated rings. The molecule has 1 aliphatic rings. The summed E-state index contributed by atoms with van der Waals surface area (Å²) in [6, 6.07) is 0.267. The zero-order valence-electron chi connectivity index (χ0n) is 10.7. The maximum atomic E-state index is 12.4. The second-order valence-corrected chi connectivity index (χ2v) is 5.34. The van der Waals surface area contributed by atoms with E-state index in [2.05, 4.69) is 9.59 Å². The first-order valence-corrected chi connectivity index (χ1v) is 7.39. The summed E-state index contributed by atoms with van der Waals surface area (Å²) in [5.74, 6) is 0.422. The molecule has 1 aliphatic carbocycles. The number of hydrogen-bond acceptors (Lipinski definition) is 5. The number of hydrogen-bond donors (Lipinski definition) is 1. The van der Waals surface area contributed by atoms with Gasteiger partial charge in [0, 0.05) is 18.0 Å². The quantitative estimate of drug-likeness (QED) is 0.898. The summed E-state index contributed by atoms with van der Waals surface area (Å²) < 4.78 is 3.76. The Kier molecular flexibility index (Phi) is 4.66. The molecule has 2 atom stereocenters. The molecular weight excluding hydrogens is 248 g/mol. The van der Waals surface area contributed by atoms with E-state index in [1.165, 1.54) is 24.4 Å². The van der Waals surface area contributed by atoms with Crippen LogP contribution in [0.4, 0.5) is 0 Å². The maximum absolute atomic E-state index is 12.4. The van der Waals surface area contributed by atoms with Crippen molar-refractivity contribution in [3.8, 4) is 0 Å². The van der Waals surface area contributed by atoms with Crippen LogP contribution in [0.25, 0.3) is 0 Å². The van der Waals surface area contributed by atoms with Gasteiger partial charge in [-0.3, -0.25) is 4.79 Å². The standard InChI is InChI=1S/C12H20N4OS/c1-2-16(12(17)10-8-18-15-14-10)11-6-4-3-5-9(11)7-13/h8-9,11H,2-7,13H2,1H3. The second-order valence-electron chi connectivity index (χ2n) is 4.73. The molecule has 1 aromatic heterocycles. The maximum Gasteiger partial charge on any atom is 0.275 e. The molecule has 100 valence electrons. The van der Waals surface area contributed by atoms with Crippen molar-refractivity contribution in [3.05, 3.63) is 11.1 Å². The molecule has 5 nitrogen and oxygen atoms in total. The number of rotatable bonds is 4. The second kappa shape index (κ2) is 6.24. The molecule has 0 aromatic carbocycles. The largest absolute Gasteiger partial charge is 0.334 e. The fourth-order valence-corrected chi connectivity index (χ4v) is 3.24. The molecule has 1 heterocycles. The summed E-state index contributed by atoms with van der Waals surface area (Å²) >= 11 is 1.22. The number of nitrogens with two attached hydrogens (primary N) is 1. The molecule has 0 aliphatic heterocycles. The van der Waals surface area contributed by atoms with Crippen LogP contribution in [-0.2, 0) is 0 Å². The van der Waals surface area contributed by atoms with E-state index in [0.717, 1.165) is 12.8 Å². The highest BCUT2D eigenvalue weighted by molar-refractivity contribution is 7.03. The van der Waals surface area contributed by atoms with Gasteiger partial charge in [0.15, 0.2) is 5.69 Å². The number of carbonyl (C=O) groups is 1. The third-order valence-electron chi connectivity index (χ3n) is 3.75. The van der Waals surface area contributed by atoms with E-state index in [9.17, 15) is 4.79 Å². The molecule has 1 aromatic rings. The average Bonchev–Trinajstić information content (AvgIpc) is 2.94. The van der Waals surface area contributed by atoms with Gasteiger partial charge in [0.2, 0.25) is 0 Å². The smallest absolute Gasteiger partial charge is 0.275 e. The predicted molar refractivity (Wildman–Crippen MR) is 71.4 cm³/mol. The van der Waals surface area contributed by atoms with Crippen LogP contribution in [0.5, 0.6) is 0 Å². The molecule has 2 rings (SSSR count). The number of amides is 1. The normalized spacial score (nSPS) is 23.9. The van der Waals surface area contributed by atoms with Gasteiger partial charge in [-0.1, -0.05) is 17.3 Å². The summed E-state index contributed by atoms with van der Waals surface area (Å²) in [5, 5.41) is 5.59. The summed E-state index contributed by atoms with van der Waals surface area (Å²) in [5.41, 5.74) is 6.30. The van der Waals surface area contributed by atoms with Crippen LogP contribution in [0, 0.1) is 5.92 Å². The molecule has 0 bridgehead atoms. The lowest BCUT2D eigenvalue weighted by Crippen LogP contribution is -2.48. The Morgan fingerprint density at radius 2 is 2.33 bits per heavy atom. The first-order valence-electron chi connectivity index (χ1n) is 6.56. The van der Waals surface area contributed by atoms with Gasteiger partial charge in [-0.2, -0.15) is 0 Å². The Bertz CT molecular complexity index is 381. The summed E-state index contributed by atoms with van der Waals surface area (Å²) in [4.78, 5) is 14.3. The topological polar surface area (TPSA) is 72.1 Å². The minimum atomic E-state index is -0.00315. The van der Waals surface area contributed by atoms with Crippen molar-refractivity contribution in [1.29, 1.82) is 0 Å². The third-order valence-corrected chi connectivity index (χ3v) is 4.26. The van der Waals surface area contributed by atoms with E-state index >= 15 is 0 Å². The Labute approximate surface area is 112 Å². The van der Waals surface area contributed by atoms with E-state index in [4.69, 9.17) is 5.73 Å². The highest BCUT2D eigenvalue weighted by Crippen LogP contribution is 2.28. The fourth-order valence-electron chi connectivity index (χ4n) is 2.81. The molecule has 0 radical (unpaired) electrons. The average molecular weight is 268 g/mol. The van der Waals surface area contributed by atoms with Crippen LogP contribution in [0.2, 0.25) is 0 Å². The Morgan fingerprint density at radius 3 is 2.94 bits per heavy atom. The molecule has 2 unspecified atom stereocenters. The molecule has 1 amide bonds. The molecule has 18 heavy (non-hydrogen) atoms. The predicted octanol–water partition coefficient (Wildman–Crippen LogP) is 1.52. The van der Waals surface area contributed by atoms with Gasteiger partial charge in [0.05, 0.1) is 0 Å². The Morgan fingerprint density at radius 1 is 1.56 bits per heavy atom. The van der Waals surface area contributed by atoms with E-state index in [-0.39, 0.29) is 11.9 Å². The van der Waals surface area contributed by atoms with Gasteiger partial charge in [-0.15, -0.1) is 5.10 Å². The van der Waals surface area contributed by atoms with Gasteiger partial charge >= 0.3 is 0 Å². The molecule has 2 N–H and O–H groups in total. The molecule has 1 saturated carbocycles. The van der Waals surface area contributed by atoms with Crippen molar-refractivity contribution >= 4 is 17.4 Å². The van der Waals surface area contributed by atoms with Crippen LogP contribution < -0.4 is 5.73 Å². The lowest BCUT2D eigenvalue weighted by atomic mass is 9.83. The van der Waals surface area contributed by atoms with E-state index in [1.54, 1.807) is 5.38 Å². The Balaban J connectivity index is 2.14. The lowest BCUT2D eigenvalue weighted by molar-refractivity contribution is 0.0554.